The summed E-state index contributed by atoms with van der Waals surface area (Å²) in [5, 5.41) is 4.33. The Balaban J connectivity index is 2.12. The standard InChI is InChI=1S/C13H12F2N4OS/c1-7-10-11(18(2)17-7)19(13(21)16-10)8-3-5-9(6-4-8)20-12(14)15/h3-6,12H,1-2H3,(H,16,21). The molecule has 0 aliphatic rings. The molecule has 2 aromatic heterocycles. The van der Waals surface area contributed by atoms with E-state index < -0.39 is 6.61 Å². The number of H-pyrrole nitrogens is 1. The molecule has 3 rings (SSSR count). The maximum atomic E-state index is 12.2. The van der Waals surface area contributed by atoms with Crippen molar-refractivity contribution in [3.8, 4) is 11.4 Å². The molecular weight excluding hydrogens is 298 g/mol. The molecule has 0 fully saturated rings. The number of rotatable bonds is 3. The van der Waals surface area contributed by atoms with Crippen LogP contribution in [0.3, 0.4) is 0 Å². The van der Waals surface area contributed by atoms with Crippen molar-refractivity contribution in [3.05, 3.63) is 34.7 Å². The highest BCUT2D eigenvalue weighted by Gasteiger charge is 2.14. The van der Waals surface area contributed by atoms with Gasteiger partial charge in [-0.1, -0.05) is 0 Å². The number of alkyl halides is 2. The summed E-state index contributed by atoms with van der Waals surface area (Å²) in [6, 6.07) is 6.29. The van der Waals surface area contributed by atoms with Crippen LogP contribution in [0.15, 0.2) is 24.3 Å². The maximum Gasteiger partial charge on any atom is 0.387 e. The number of fused-ring (bicyclic) bond motifs is 1. The summed E-state index contributed by atoms with van der Waals surface area (Å²) in [4.78, 5) is 3.10. The molecule has 1 N–H and O–H groups in total. The number of ether oxygens (including phenoxy) is 1. The number of benzene rings is 1. The number of imidazole rings is 1. The first-order chi connectivity index (χ1) is 9.97. The molecule has 5 nitrogen and oxygen atoms in total. The Bertz CT molecular complexity index is 848. The van der Waals surface area contributed by atoms with Gasteiger partial charge in [-0.3, -0.25) is 4.57 Å². The smallest absolute Gasteiger partial charge is 0.387 e. The molecule has 0 aliphatic heterocycles. The van der Waals surface area contributed by atoms with Gasteiger partial charge in [0.25, 0.3) is 0 Å². The quantitative estimate of drug-likeness (QED) is 0.755. The van der Waals surface area contributed by atoms with Gasteiger partial charge in [0.05, 0.1) is 11.4 Å². The minimum atomic E-state index is -2.84. The first-order valence-electron chi connectivity index (χ1n) is 6.17. The number of hydrogen-bond donors (Lipinski definition) is 1. The van der Waals surface area contributed by atoms with E-state index in [9.17, 15) is 8.78 Å². The SMILES string of the molecule is Cc1nn(C)c2c1[nH]c(=S)n2-c1ccc(OC(F)F)cc1. The number of aryl methyl sites for hydroxylation is 2. The first kappa shape index (κ1) is 13.7. The zero-order valence-electron chi connectivity index (χ0n) is 11.3. The summed E-state index contributed by atoms with van der Waals surface area (Å²) in [6.07, 6.45) is 0. The van der Waals surface area contributed by atoms with E-state index in [2.05, 4.69) is 14.8 Å². The third-order valence-corrected chi connectivity index (χ3v) is 3.44. The molecule has 2 heterocycles. The maximum absolute atomic E-state index is 12.2. The Morgan fingerprint density at radius 2 is 1.95 bits per heavy atom. The molecule has 0 bridgehead atoms. The van der Waals surface area contributed by atoms with Gasteiger partial charge in [0.1, 0.15) is 11.3 Å². The Labute approximate surface area is 123 Å². The molecule has 0 saturated heterocycles. The van der Waals surface area contributed by atoms with Gasteiger partial charge in [-0.15, -0.1) is 0 Å². The van der Waals surface area contributed by atoms with Crippen molar-refractivity contribution in [1.29, 1.82) is 0 Å². The summed E-state index contributed by atoms with van der Waals surface area (Å²) in [5.41, 5.74) is 3.27. The number of aromatic amines is 1. The van der Waals surface area contributed by atoms with Gasteiger partial charge in [0.15, 0.2) is 10.4 Å². The third-order valence-electron chi connectivity index (χ3n) is 3.16. The number of halogens is 2. The van der Waals surface area contributed by atoms with Crippen LogP contribution in [0, 0.1) is 11.7 Å². The number of nitrogens with one attached hydrogen (secondary N) is 1. The summed E-state index contributed by atoms with van der Waals surface area (Å²) in [7, 11) is 1.82. The topological polar surface area (TPSA) is 47.8 Å². The molecule has 0 atom stereocenters. The zero-order chi connectivity index (χ0) is 15.1. The minimum Gasteiger partial charge on any atom is -0.435 e. The molecule has 0 radical (unpaired) electrons. The zero-order valence-corrected chi connectivity index (χ0v) is 12.1. The van der Waals surface area contributed by atoms with Crippen molar-refractivity contribution in [3.63, 3.8) is 0 Å². The van der Waals surface area contributed by atoms with E-state index in [1.807, 2.05) is 14.0 Å². The fraction of sp³-hybridized carbons (Fsp3) is 0.231. The van der Waals surface area contributed by atoms with Gasteiger partial charge in [0, 0.05) is 7.05 Å². The molecule has 8 heteroatoms. The molecule has 1 aromatic carbocycles. The highest BCUT2D eigenvalue weighted by Crippen LogP contribution is 2.23. The Kier molecular flexibility index (Phi) is 3.25. The van der Waals surface area contributed by atoms with Gasteiger partial charge in [-0.05, 0) is 43.4 Å². The molecule has 3 aromatic rings. The molecule has 0 spiro atoms. The van der Waals surface area contributed by atoms with Crippen molar-refractivity contribution in [2.45, 2.75) is 13.5 Å². The van der Waals surface area contributed by atoms with Crippen LogP contribution < -0.4 is 4.74 Å². The molecule has 110 valence electrons. The molecular formula is C13H12F2N4OS. The minimum absolute atomic E-state index is 0.105. The van der Waals surface area contributed by atoms with Gasteiger partial charge in [-0.25, -0.2) is 4.68 Å². The normalized spacial score (nSPS) is 11.5. The average Bonchev–Trinajstić information content (AvgIpc) is 2.88. The molecule has 0 amide bonds. The van der Waals surface area contributed by atoms with Crippen LogP contribution in [-0.4, -0.2) is 25.9 Å². The predicted molar refractivity (Wildman–Crippen MR) is 76.6 cm³/mol. The summed E-state index contributed by atoms with van der Waals surface area (Å²) in [6.45, 7) is -0.950. The van der Waals surface area contributed by atoms with Crippen LogP contribution in [0.4, 0.5) is 8.78 Å². The van der Waals surface area contributed by atoms with Gasteiger partial charge >= 0.3 is 6.61 Å². The Hall–Kier alpha value is -2.22. The van der Waals surface area contributed by atoms with Crippen LogP contribution in [-0.2, 0) is 7.05 Å². The van der Waals surface area contributed by atoms with E-state index in [1.165, 1.54) is 12.1 Å². The summed E-state index contributed by atoms with van der Waals surface area (Å²) >= 11 is 5.33. The number of hydrogen-bond acceptors (Lipinski definition) is 3. The van der Waals surface area contributed by atoms with Crippen molar-refractivity contribution < 1.29 is 13.5 Å². The lowest BCUT2D eigenvalue weighted by atomic mass is 10.3. The predicted octanol–water partition coefficient (Wildman–Crippen LogP) is 3.33. The van der Waals surface area contributed by atoms with Crippen LogP contribution in [0.2, 0.25) is 0 Å². The van der Waals surface area contributed by atoms with Crippen LogP contribution >= 0.6 is 12.2 Å². The average molecular weight is 310 g/mol. The first-order valence-corrected chi connectivity index (χ1v) is 6.58. The van der Waals surface area contributed by atoms with Crippen molar-refractivity contribution >= 4 is 23.4 Å². The second-order valence-corrected chi connectivity index (χ2v) is 4.93. The second kappa shape index (κ2) is 4.96. The van der Waals surface area contributed by atoms with E-state index in [-0.39, 0.29) is 5.75 Å². The van der Waals surface area contributed by atoms with E-state index in [0.717, 1.165) is 22.5 Å². The van der Waals surface area contributed by atoms with E-state index in [0.29, 0.717) is 4.77 Å². The van der Waals surface area contributed by atoms with Gasteiger partial charge in [-0.2, -0.15) is 13.9 Å². The van der Waals surface area contributed by atoms with E-state index in [1.54, 1.807) is 21.4 Å². The monoisotopic (exact) mass is 310 g/mol. The lowest BCUT2D eigenvalue weighted by Gasteiger charge is -2.07. The van der Waals surface area contributed by atoms with Crippen molar-refractivity contribution in [2.75, 3.05) is 0 Å². The van der Waals surface area contributed by atoms with E-state index >= 15 is 0 Å². The molecule has 0 aliphatic carbocycles. The summed E-state index contributed by atoms with van der Waals surface area (Å²) < 4.78 is 32.7. The van der Waals surface area contributed by atoms with Gasteiger partial charge in [0.2, 0.25) is 0 Å². The van der Waals surface area contributed by atoms with Crippen LogP contribution in [0.1, 0.15) is 5.69 Å². The highest BCUT2D eigenvalue weighted by molar-refractivity contribution is 7.71. The molecule has 0 unspecified atom stereocenters. The summed E-state index contributed by atoms with van der Waals surface area (Å²) in [5.74, 6) is 0.105. The fourth-order valence-electron chi connectivity index (χ4n) is 2.32. The highest BCUT2D eigenvalue weighted by atomic mass is 32.1. The fourth-order valence-corrected chi connectivity index (χ4v) is 2.62. The lowest BCUT2D eigenvalue weighted by molar-refractivity contribution is -0.0498. The Morgan fingerprint density at radius 1 is 1.29 bits per heavy atom. The third kappa shape index (κ3) is 2.31. The number of aromatic nitrogens is 4. The lowest BCUT2D eigenvalue weighted by Crippen LogP contribution is -2.03. The largest absolute Gasteiger partial charge is 0.435 e. The van der Waals surface area contributed by atoms with Crippen LogP contribution in [0.25, 0.3) is 16.9 Å². The molecule has 0 saturated carbocycles. The Morgan fingerprint density at radius 3 is 2.57 bits per heavy atom. The molecule has 21 heavy (non-hydrogen) atoms. The number of nitrogens with zero attached hydrogens (tertiary/aromatic N) is 3. The van der Waals surface area contributed by atoms with E-state index in [4.69, 9.17) is 12.2 Å². The van der Waals surface area contributed by atoms with Crippen molar-refractivity contribution in [1.82, 2.24) is 19.3 Å². The van der Waals surface area contributed by atoms with Gasteiger partial charge < -0.3 is 9.72 Å². The van der Waals surface area contributed by atoms with Crippen molar-refractivity contribution in [2.24, 2.45) is 7.05 Å². The second-order valence-electron chi connectivity index (χ2n) is 4.55. The van der Waals surface area contributed by atoms with Crippen LogP contribution in [0.5, 0.6) is 5.75 Å².